The van der Waals surface area contributed by atoms with E-state index in [4.69, 9.17) is 15.2 Å². The Hall–Kier alpha value is -3.44. The number of rotatable bonds is 8. The summed E-state index contributed by atoms with van der Waals surface area (Å²) in [6.07, 6.45) is 1.90. The first kappa shape index (κ1) is 21.8. The molecule has 11 heteroatoms. The molecule has 1 atom stereocenters. The number of hydrogen-bond donors (Lipinski definition) is 1. The Labute approximate surface area is 187 Å². The number of nitrogens with two attached hydrogens (primary N) is 1. The van der Waals surface area contributed by atoms with Crippen LogP contribution in [0.25, 0.3) is 11.4 Å². The van der Waals surface area contributed by atoms with Gasteiger partial charge in [0.15, 0.2) is 11.0 Å². The number of nitrogens with zero attached hydrogens (tertiary/aromatic N) is 4. The van der Waals surface area contributed by atoms with E-state index >= 15 is 0 Å². The Kier molecular flexibility index (Phi) is 6.37. The molecular weight excluding hydrogens is 434 g/mol. The minimum absolute atomic E-state index is 0.00886. The molecule has 0 aliphatic carbocycles. The van der Waals surface area contributed by atoms with Crippen LogP contribution in [0.1, 0.15) is 23.2 Å². The highest BCUT2D eigenvalue weighted by Gasteiger charge is 2.25. The van der Waals surface area contributed by atoms with Crippen LogP contribution in [-0.4, -0.2) is 45.4 Å². The zero-order valence-electron chi connectivity index (χ0n) is 17.3. The van der Waals surface area contributed by atoms with E-state index in [1.807, 2.05) is 28.8 Å². The molecule has 2 aromatic carbocycles. The summed E-state index contributed by atoms with van der Waals surface area (Å²) in [6.45, 7) is 1.22. The Morgan fingerprint density at radius 1 is 1.31 bits per heavy atom. The molecule has 4 rings (SSSR count). The molecule has 3 aromatic rings. The highest BCUT2D eigenvalue weighted by atomic mass is 32.2. The summed E-state index contributed by atoms with van der Waals surface area (Å²) >= 11 is 1.11. The van der Waals surface area contributed by atoms with Crippen molar-refractivity contribution in [1.29, 1.82) is 0 Å². The molecule has 1 amide bonds. The number of methoxy groups -OCH3 is 1. The Bertz CT molecular complexity index is 1140. The molecule has 10 nitrogen and oxygen atoms in total. The largest absolute Gasteiger partial charge is 0.497 e. The van der Waals surface area contributed by atoms with Crippen LogP contribution < -0.4 is 10.5 Å². The number of hydrogen-bond acceptors (Lipinski definition) is 8. The summed E-state index contributed by atoms with van der Waals surface area (Å²) in [6, 6.07) is 11.6. The fourth-order valence-corrected chi connectivity index (χ4v) is 4.40. The van der Waals surface area contributed by atoms with Gasteiger partial charge >= 0.3 is 0 Å². The number of benzene rings is 2. The van der Waals surface area contributed by atoms with E-state index in [-0.39, 0.29) is 17.4 Å². The second kappa shape index (κ2) is 9.37. The molecule has 0 saturated carbocycles. The normalized spacial score (nSPS) is 15.6. The maximum Gasteiger partial charge on any atom is 0.284 e. The predicted octanol–water partition coefficient (Wildman–Crippen LogP) is 3.29. The molecule has 1 aromatic heterocycles. The summed E-state index contributed by atoms with van der Waals surface area (Å²) < 4.78 is 12.9. The lowest BCUT2D eigenvalue weighted by Gasteiger charge is -2.15. The van der Waals surface area contributed by atoms with E-state index < -0.39 is 10.8 Å². The lowest BCUT2D eigenvalue weighted by Crippen LogP contribution is -2.16. The van der Waals surface area contributed by atoms with Crippen molar-refractivity contribution < 1.29 is 19.2 Å². The quantitative estimate of drug-likeness (QED) is 0.404. The average molecular weight is 455 g/mol. The van der Waals surface area contributed by atoms with Gasteiger partial charge in [0.05, 0.1) is 29.6 Å². The van der Waals surface area contributed by atoms with E-state index in [9.17, 15) is 14.9 Å². The number of primary amides is 1. The van der Waals surface area contributed by atoms with Crippen molar-refractivity contribution in [2.45, 2.75) is 35.5 Å². The number of carbonyl (C=O) groups excluding carboxylic acids is 1. The minimum atomic E-state index is -0.729. The predicted molar refractivity (Wildman–Crippen MR) is 117 cm³/mol. The van der Waals surface area contributed by atoms with Gasteiger partial charge in [-0.2, -0.15) is 0 Å². The third-order valence-electron chi connectivity index (χ3n) is 5.12. The highest BCUT2D eigenvalue weighted by molar-refractivity contribution is 7.99. The summed E-state index contributed by atoms with van der Waals surface area (Å²) in [4.78, 5) is 22.8. The number of amides is 1. The molecule has 166 valence electrons. The molecular formula is C21H21N5O5S. The second-order valence-electron chi connectivity index (χ2n) is 7.19. The molecule has 0 spiro atoms. The molecule has 0 radical (unpaired) electrons. The molecule has 1 aliphatic rings. The van der Waals surface area contributed by atoms with E-state index in [0.717, 1.165) is 35.9 Å². The number of nitro groups is 1. The zero-order chi connectivity index (χ0) is 22.7. The van der Waals surface area contributed by atoms with Gasteiger partial charge < -0.3 is 15.2 Å². The summed E-state index contributed by atoms with van der Waals surface area (Å²) in [5, 5.41) is 20.7. The summed E-state index contributed by atoms with van der Waals surface area (Å²) in [5.41, 5.74) is 5.96. The van der Waals surface area contributed by atoms with Gasteiger partial charge in [-0.15, -0.1) is 10.2 Å². The van der Waals surface area contributed by atoms with Gasteiger partial charge in [-0.05, 0) is 61.0 Å². The van der Waals surface area contributed by atoms with E-state index in [1.54, 1.807) is 7.11 Å². The minimum Gasteiger partial charge on any atom is -0.497 e. The number of ether oxygens (including phenoxy) is 2. The van der Waals surface area contributed by atoms with Gasteiger partial charge in [-0.1, -0.05) is 0 Å². The molecule has 1 saturated heterocycles. The summed E-state index contributed by atoms with van der Waals surface area (Å²) in [5.74, 6) is 0.619. The first-order valence-electron chi connectivity index (χ1n) is 9.91. The zero-order valence-corrected chi connectivity index (χ0v) is 18.1. The third-order valence-corrected chi connectivity index (χ3v) is 6.17. The molecule has 1 aliphatic heterocycles. The Morgan fingerprint density at radius 2 is 2.09 bits per heavy atom. The highest BCUT2D eigenvalue weighted by Crippen LogP contribution is 2.36. The molecule has 32 heavy (non-hydrogen) atoms. The van der Waals surface area contributed by atoms with Crippen molar-refractivity contribution in [2.24, 2.45) is 5.73 Å². The molecule has 0 bridgehead atoms. The van der Waals surface area contributed by atoms with Gasteiger partial charge in [0.25, 0.3) is 5.69 Å². The van der Waals surface area contributed by atoms with Crippen LogP contribution in [0.3, 0.4) is 0 Å². The fraction of sp³-hybridized carbons (Fsp3) is 0.286. The SMILES string of the molecule is COc1ccc(-c2nnc(Sc3ccc(C(N)=O)cc3[N+](=O)[O-])n2CC2CCCO2)cc1. The third kappa shape index (κ3) is 4.58. The smallest absolute Gasteiger partial charge is 0.284 e. The standard InChI is InChI=1S/C21H21N5O5S/c1-30-15-7-4-13(5-8-15)20-23-24-21(25(20)12-16-3-2-10-31-16)32-18-9-6-14(19(22)27)11-17(18)26(28)29/h4-9,11,16H,2-3,10,12H2,1H3,(H2,22,27). The van der Waals surface area contributed by atoms with Crippen molar-refractivity contribution in [1.82, 2.24) is 14.8 Å². The van der Waals surface area contributed by atoms with Crippen LogP contribution in [0.5, 0.6) is 5.75 Å². The van der Waals surface area contributed by atoms with Gasteiger partial charge in [-0.3, -0.25) is 19.5 Å². The van der Waals surface area contributed by atoms with Crippen LogP contribution in [-0.2, 0) is 11.3 Å². The Balaban J connectivity index is 1.72. The van der Waals surface area contributed by atoms with Gasteiger partial charge in [-0.25, -0.2) is 0 Å². The summed E-state index contributed by atoms with van der Waals surface area (Å²) in [7, 11) is 1.60. The van der Waals surface area contributed by atoms with Crippen molar-refractivity contribution in [2.75, 3.05) is 13.7 Å². The molecule has 2 N–H and O–H groups in total. The maximum absolute atomic E-state index is 11.6. The van der Waals surface area contributed by atoms with Crippen molar-refractivity contribution >= 4 is 23.4 Å². The Morgan fingerprint density at radius 3 is 2.72 bits per heavy atom. The van der Waals surface area contributed by atoms with Gasteiger partial charge in [0.2, 0.25) is 5.91 Å². The lowest BCUT2D eigenvalue weighted by atomic mass is 10.2. The second-order valence-corrected chi connectivity index (χ2v) is 8.20. The van der Waals surface area contributed by atoms with E-state index in [2.05, 4.69) is 10.2 Å². The van der Waals surface area contributed by atoms with Crippen LogP contribution in [0, 0.1) is 10.1 Å². The van der Waals surface area contributed by atoms with Crippen LogP contribution in [0.15, 0.2) is 52.5 Å². The van der Waals surface area contributed by atoms with Crippen LogP contribution in [0.2, 0.25) is 0 Å². The first-order chi connectivity index (χ1) is 15.5. The lowest BCUT2D eigenvalue weighted by molar-refractivity contribution is -0.387. The van der Waals surface area contributed by atoms with Crippen molar-refractivity contribution in [3.8, 4) is 17.1 Å². The molecule has 1 fully saturated rings. The van der Waals surface area contributed by atoms with Crippen LogP contribution >= 0.6 is 11.8 Å². The van der Waals surface area contributed by atoms with Crippen LogP contribution in [0.4, 0.5) is 5.69 Å². The first-order valence-corrected chi connectivity index (χ1v) is 10.7. The average Bonchev–Trinajstić information content (AvgIpc) is 3.44. The monoisotopic (exact) mass is 455 g/mol. The number of carbonyl (C=O) groups is 1. The molecule has 2 heterocycles. The van der Waals surface area contributed by atoms with Gasteiger partial charge in [0, 0.05) is 23.8 Å². The fourth-order valence-electron chi connectivity index (χ4n) is 3.47. The van der Waals surface area contributed by atoms with Crippen molar-refractivity contribution in [3.05, 3.63) is 58.1 Å². The number of nitro benzene ring substituents is 1. The van der Waals surface area contributed by atoms with Crippen molar-refractivity contribution in [3.63, 3.8) is 0 Å². The van der Waals surface area contributed by atoms with E-state index in [0.29, 0.717) is 29.0 Å². The van der Waals surface area contributed by atoms with Gasteiger partial charge in [0.1, 0.15) is 5.75 Å². The van der Waals surface area contributed by atoms with E-state index in [1.165, 1.54) is 18.2 Å². The maximum atomic E-state index is 11.6. The molecule has 1 unspecified atom stereocenters. The number of aromatic nitrogens is 3. The topological polar surface area (TPSA) is 135 Å².